The van der Waals surface area contributed by atoms with Crippen molar-refractivity contribution in [3.05, 3.63) is 29.8 Å². The highest BCUT2D eigenvalue weighted by molar-refractivity contribution is 5.95. The molecule has 1 aromatic rings. The minimum atomic E-state index is 0.0396. The van der Waals surface area contributed by atoms with Crippen LogP contribution in [0.3, 0.4) is 0 Å². The van der Waals surface area contributed by atoms with E-state index in [0.29, 0.717) is 24.4 Å². The van der Waals surface area contributed by atoms with E-state index in [0.717, 1.165) is 19.6 Å². The zero-order valence-electron chi connectivity index (χ0n) is 9.19. The molecule has 0 atom stereocenters. The molecule has 86 valence electrons. The molecule has 4 nitrogen and oxygen atoms in total. The number of amides is 1. The third-order valence-electron chi connectivity index (χ3n) is 2.64. The van der Waals surface area contributed by atoms with Gasteiger partial charge in [-0.2, -0.15) is 0 Å². The number of nitrogen functional groups attached to an aromatic ring is 1. The highest BCUT2D eigenvalue weighted by Gasteiger charge is 2.17. The van der Waals surface area contributed by atoms with Crippen LogP contribution in [-0.2, 0) is 4.74 Å². The van der Waals surface area contributed by atoms with Crippen molar-refractivity contribution in [1.29, 1.82) is 0 Å². The zero-order chi connectivity index (χ0) is 11.4. The third kappa shape index (κ3) is 2.52. The topological polar surface area (TPSA) is 55.6 Å². The number of carbonyl (C=O) groups is 1. The summed E-state index contributed by atoms with van der Waals surface area (Å²) in [4.78, 5) is 13.9. The van der Waals surface area contributed by atoms with Gasteiger partial charge in [0.2, 0.25) is 0 Å². The van der Waals surface area contributed by atoms with E-state index in [4.69, 9.17) is 10.5 Å². The van der Waals surface area contributed by atoms with Gasteiger partial charge in [0.05, 0.1) is 6.61 Å². The van der Waals surface area contributed by atoms with Gasteiger partial charge in [0.25, 0.3) is 5.91 Å². The normalized spacial score (nSPS) is 16.9. The van der Waals surface area contributed by atoms with Crippen LogP contribution in [0.15, 0.2) is 24.3 Å². The number of rotatable bonds is 1. The lowest BCUT2D eigenvalue weighted by molar-refractivity contribution is 0.0741. The second-order valence-electron chi connectivity index (χ2n) is 3.88. The molecule has 0 aromatic heterocycles. The van der Waals surface area contributed by atoms with Crippen LogP contribution in [-0.4, -0.2) is 37.1 Å². The van der Waals surface area contributed by atoms with Gasteiger partial charge in [-0.1, -0.05) is 6.07 Å². The monoisotopic (exact) mass is 220 g/mol. The summed E-state index contributed by atoms with van der Waals surface area (Å²) in [5.41, 5.74) is 6.94. The maximum Gasteiger partial charge on any atom is 0.254 e. The van der Waals surface area contributed by atoms with E-state index in [-0.39, 0.29) is 5.91 Å². The highest BCUT2D eigenvalue weighted by Crippen LogP contribution is 2.11. The molecule has 1 saturated heterocycles. The molecule has 16 heavy (non-hydrogen) atoms. The molecule has 1 fully saturated rings. The maximum atomic E-state index is 12.1. The number of nitrogens with two attached hydrogens (primary N) is 1. The van der Waals surface area contributed by atoms with Gasteiger partial charge >= 0.3 is 0 Å². The molecule has 2 rings (SSSR count). The Morgan fingerprint density at radius 2 is 2.19 bits per heavy atom. The average Bonchev–Trinajstić information content (AvgIpc) is 2.56. The first-order valence-electron chi connectivity index (χ1n) is 5.50. The average molecular weight is 220 g/mol. The van der Waals surface area contributed by atoms with Crippen molar-refractivity contribution >= 4 is 11.6 Å². The van der Waals surface area contributed by atoms with Crippen LogP contribution in [0.1, 0.15) is 16.8 Å². The fraction of sp³-hybridized carbons (Fsp3) is 0.417. The first-order chi connectivity index (χ1) is 7.77. The molecule has 1 aromatic carbocycles. The Bertz CT molecular complexity index is 371. The lowest BCUT2D eigenvalue weighted by Crippen LogP contribution is -2.33. The number of ether oxygens (including phenoxy) is 1. The number of anilines is 1. The Morgan fingerprint density at radius 3 is 3.00 bits per heavy atom. The molecular weight excluding hydrogens is 204 g/mol. The van der Waals surface area contributed by atoms with Crippen molar-refractivity contribution < 1.29 is 9.53 Å². The predicted octanol–water partition coefficient (Wildman–Crippen LogP) is 1.13. The van der Waals surface area contributed by atoms with Crippen LogP contribution < -0.4 is 5.73 Å². The Kier molecular flexibility index (Phi) is 3.41. The molecule has 0 spiro atoms. The van der Waals surface area contributed by atoms with E-state index >= 15 is 0 Å². The van der Waals surface area contributed by atoms with Gasteiger partial charge in [0, 0.05) is 30.9 Å². The summed E-state index contributed by atoms with van der Waals surface area (Å²) in [5.74, 6) is 0.0396. The van der Waals surface area contributed by atoms with Crippen LogP contribution in [0.4, 0.5) is 5.69 Å². The quantitative estimate of drug-likeness (QED) is 0.722. The molecule has 1 aliphatic heterocycles. The summed E-state index contributed by atoms with van der Waals surface area (Å²) in [6.45, 7) is 2.77. The number of carbonyl (C=O) groups excluding carboxylic acids is 1. The smallest absolute Gasteiger partial charge is 0.254 e. The van der Waals surface area contributed by atoms with Crippen molar-refractivity contribution in [2.45, 2.75) is 6.42 Å². The van der Waals surface area contributed by atoms with Gasteiger partial charge < -0.3 is 15.4 Å². The van der Waals surface area contributed by atoms with Crippen molar-refractivity contribution in [2.75, 3.05) is 32.0 Å². The number of benzene rings is 1. The molecule has 0 unspecified atom stereocenters. The van der Waals surface area contributed by atoms with Gasteiger partial charge in [0.1, 0.15) is 0 Å². The summed E-state index contributed by atoms with van der Waals surface area (Å²) >= 11 is 0. The minimum Gasteiger partial charge on any atom is -0.399 e. The van der Waals surface area contributed by atoms with Crippen LogP contribution in [0.25, 0.3) is 0 Å². The molecule has 0 aliphatic carbocycles. The molecule has 1 aliphatic rings. The largest absolute Gasteiger partial charge is 0.399 e. The Balaban J connectivity index is 2.11. The molecule has 1 heterocycles. The van der Waals surface area contributed by atoms with E-state index < -0.39 is 0 Å². The predicted molar refractivity (Wildman–Crippen MR) is 62.2 cm³/mol. The van der Waals surface area contributed by atoms with Crippen molar-refractivity contribution in [3.63, 3.8) is 0 Å². The Morgan fingerprint density at radius 1 is 1.31 bits per heavy atom. The van der Waals surface area contributed by atoms with E-state index in [1.54, 1.807) is 24.3 Å². The van der Waals surface area contributed by atoms with Crippen LogP contribution in [0.2, 0.25) is 0 Å². The van der Waals surface area contributed by atoms with Gasteiger partial charge in [-0.15, -0.1) is 0 Å². The minimum absolute atomic E-state index is 0.0396. The summed E-state index contributed by atoms with van der Waals surface area (Å²) < 4.78 is 5.32. The van der Waals surface area contributed by atoms with Gasteiger partial charge in [0.15, 0.2) is 0 Å². The highest BCUT2D eigenvalue weighted by atomic mass is 16.5. The number of nitrogens with zero attached hydrogens (tertiary/aromatic N) is 1. The van der Waals surface area contributed by atoms with Crippen molar-refractivity contribution in [1.82, 2.24) is 4.90 Å². The second-order valence-corrected chi connectivity index (χ2v) is 3.88. The molecule has 1 amide bonds. The van der Waals surface area contributed by atoms with E-state index in [1.807, 2.05) is 4.90 Å². The van der Waals surface area contributed by atoms with Crippen LogP contribution >= 0.6 is 0 Å². The molecule has 0 bridgehead atoms. The number of hydrogen-bond donors (Lipinski definition) is 1. The zero-order valence-corrected chi connectivity index (χ0v) is 9.19. The van der Waals surface area contributed by atoms with Crippen LogP contribution in [0.5, 0.6) is 0 Å². The van der Waals surface area contributed by atoms with E-state index in [1.165, 1.54) is 0 Å². The third-order valence-corrected chi connectivity index (χ3v) is 2.64. The van der Waals surface area contributed by atoms with Gasteiger partial charge in [-0.05, 0) is 24.6 Å². The molecule has 2 N–H and O–H groups in total. The Labute approximate surface area is 95.0 Å². The Hall–Kier alpha value is -1.55. The van der Waals surface area contributed by atoms with Gasteiger partial charge in [-0.25, -0.2) is 0 Å². The van der Waals surface area contributed by atoms with Crippen LogP contribution in [0, 0.1) is 0 Å². The fourth-order valence-electron chi connectivity index (χ4n) is 1.80. The lowest BCUT2D eigenvalue weighted by atomic mass is 10.1. The van der Waals surface area contributed by atoms with Crippen molar-refractivity contribution in [2.24, 2.45) is 0 Å². The van der Waals surface area contributed by atoms with E-state index in [9.17, 15) is 4.79 Å². The molecule has 0 saturated carbocycles. The molecule has 0 radical (unpaired) electrons. The maximum absolute atomic E-state index is 12.1. The fourth-order valence-corrected chi connectivity index (χ4v) is 1.80. The van der Waals surface area contributed by atoms with Crippen molar-refractivity contribution in [3.8, 4) is 0 Å². The first kappa shape index (κ1) is 11.0. The standard InChI is InChI=1S/C12H16N2O2/c13-11-4-1-3-10(9-11)12(15)14-5-2-7-16-8-6-14/h1,3-4,9H,2,5-8,13H2. The SMILES string of the molecule is Nc1cccc(C(=O)N2CCCOCC2)c1. The second kappa shape index (κ2) is 4.99. The summed E-state index contributed by atoms with van der Waals surface area (Å²) in [5, 5.41) is 0. The number of hydrogen-bond acceptors (Lipinski definition) is 3. The lowest BCUT2D eigenvalue weighted by Gasteiger charge is -2.19. The first-order valence-corrected chi connectivity index (χ1v) is 5.50. The van der Waals surface area contributed by atoms with Gasteiger partial charge in [-0.3, -0.25) is 4.79 Å². The summed E-state index contributed by atoms with van der Waals surface area (Å²) in [7, 11) is 0. The summed E-state index contributed by atoms with van der Waals surface area (Å²) in [6.07, 6.45) is 0.897. The summed E-state index contributed by atoms with van der Waals surface area (Å²) in [6, 6.07) is 7.09. The molecule has 4 heteroatoms. The van der Waals surface area contributed by atoms with E-state index in [2.05, 4.69) is 0 Å². The molecular formula is C12H16N2O2.